The fourth-order valence-corrected chi connectivity index (χ4v) is 5.69. The van der Waals surface area contributed by atoms with Crippen LogP contribution in [0.25, 0.3) is 10.9 Å². The van der Waals surface area contributed by atoms with E-state index in [4.69, 9.17) is 9.47 Å². The van der Waals surface area contributed by atoms with Crippen LogP contribution < -0.4 is 15.0 Å². The van der Waals surface area contributed by atoms with E-state index in [-0.39, 0.29) is 30.3 Å². The molecule has 0 amide bonds. The molecular formula is C28H31FN6O3. The average molecular weight is 519 g/mol. The van der Waals surface area contributed by atoms with Gasteiger partial charge in [0.2, 0.25) is 6.79 Å². The number of nitrogens with one attached hydrogen (secondary N) is 1. The maximum Gasteiger partial charge on any atom is 0.252 e. The number of halogens is 1. The Morgan fingerprint density at radius 3 is 2.61 bits per heavy atom. The molecule has 1 N–H and O–H groups in total. The smallest absolute Gasteiger partial charge is 0.252 e. The molecule has 0 bridgehead atoms. The van der Waals surface area contributed by atoms with E-state index < -0.39 is 0 Å². The number of hydrogen-bond acceptors (Lipinski definition) is 7. The zero-order valence-electron chi connectivity index (χ0n) is 21.4. The summed E-state index contributed by atoms with van der Waals surface area (Å²) in [5.41, 5.74) is 2.10. The molecule has 0 saturated heterocycles. The molecule has 0 radical (unpaired) electrons. The molecule has 1 unspecified atom stereocenters. The summed E-state index contributed by atoms with van der Waals surface area (Å²) in [5, 5.41) is 13.8. The first kappa shape index (κ1) is 24.5. The fraction of sp³-hybridized carbons (Fsp3) is 0.429. The van der Waals surface area contributed by atoms with Crippen LogP contribution in [0.2, 0.25) is 0 Å². The lowest BCUT2D eigenvalue weighted by Gasteiger charge is -2.32. The van der Waals surface area contributed by atoms with Gasteiger partial charge in [-0.05, 0) is 59.5 Å². The van der Waals surface area contributed by atoms with Crippen molar-refractivity contribution in [2.24, 2.45) is 0 Å². The molecule has 198 valence electrons. The molecular weight excluding hydrogens is 487 g/mol. The number of benzene rings is 2. The third-order valence-electron chi connectivity index (χ3n) is 7.65. The van der Waals surface area contributed by atoms with E-state index >= 15 is 0 Å². The Balaban J connectivity index is 1.37. The number of nitrogens with zero attached hydrogens (tertiary/aromatic N) is 5. The normalized spacial score (nSPS) is 16.4. The molecule has 3 heterocycles. The number of H-pyrrole nitrogens is 1. The van der Waals surface area contributed by atoms with E-state index in [1.807, 2.05) is 16.8 Å². The predicted molar refractivity (Wildman–Crippen MR) is 139 cm³/mol. The summed E-state index contributed by atoms with van der Waals surface area (Å²) in [5.74, 6) is 1.82. The van der Waals surface area contributed by atoms with Gasteiger partial charge in [0.05, 0.1) is 17.6 Å². The standard InChI is InChI=1S/C28H31FN6O3/c1-2-24(27-31-32-33-35(27)22-6-4-3-5-7-22)34(15-18-8-10-21(29)11-9-18)16-20-12-19-13-25-26(38-17-37-25)14-23(19)30-28(20)36/h8-14,22,24H,2-7,15-17H2,1H3,(H,30,36). The topological polar surface area (TPSA) is 98.2 Å². The second kappa shape index (κ2) is 10.5. The molecule has 1 atom stereocenters. The monoisotopic (exact) mass is 518 g/mol. The number of aromatic nitrogens is 5. The highest BCUT2D eigenvalue weighted by Crippen LogP contribution is 2.36. The highest BCUT2D eigenvalue weighted by Gasteiger charge is 2.29. The van der Waals surface area contributed by atoms with Crippen LogP contribution in [0.15, 0.2) is 47.3 Å². The molecule has 1 aliphatic carbocycles. The Morgan fingerprint density at radius 2 is 1.84 bits per heavy atom. The summed E-state index contributed by atoms with van der Waals surface area (Å²) in [4.78, 5) is 18.4. The molecule has 2 aromatic carbocycles. The van der Waals surface area contributed by atoms with Crippen molar-refractivity contribution < 1.29 is 13.9 Å². The first-order valence-corrected chi connectivity index (χ1v) is 13.3. The summed E-state index contributed by atoms with van der Waals surface area (Å²) in [6.07, 6.45) is 6.46. The van der Waals surface area contributed by atoms with Gasteiger partial charge in [0.25, 0.3) is 5.56 Å². The maximum atomic E-state index is 13.7. The van der Waals surface area contributed by atoms with Gasteiger partial charge in [-0.15, -0.1) is 5.10 Å². The highest BCUT2D eigenvalue weighted by molar-refractivity contribution is 5.83. The molecule has 38 heavy (non-hydrogen) atoms. The van der Waals surface area contributed by atoms with Crippen molar-refractivity contribution in [1.82, 2.24) is 30.1 Å². The van der Waals surface area contributed by atoms with Crippen molar-refractivity contribution in [3.8, 4) is 11.5 Å². The summed E-state index contributed by atoms with van der Waals surface area (Å²) >= 11 is 0. The Hall–Kier alpha value is -3.79. The van der Waals surface area contributed by atoms with E-state index in [0.717, 1.165) is 36.0 Å². The number of fused-ring (bicyclic) bond motifs is 2. The minimum Gasteiger partial charge on any atom is -0.454 e. The van der Waals surface area contributed by atoms with Gasteiger partial charge in [0.15, 0.2) is 17.3 Å². The summed E-state index contributed by atoms with van der Waals surface area (Å²) in [6, 6.07) is 12.2. The molecule has 9 nitrogen and oxygen atoms in total. The van der Waals surface area contributed by atoms with E-state index in [0.29, 0.717) is 35.7 Å². The van der Waals surface area contributed by atoms with Gasteiger partial charge in [-0.1, -0.05) is 38.3 Å². The summed E-state index contributed by atoms with van der Waals surface area (Å²) in [6.45, 7) is 3.15. The van der Waals surface area contributed by atoms with Crippen molar-refractivity contribution in [1.29, 1.82) is 0 Å². The summed E-state index contributed by atoms with van der Waals surface area (Å²) < 4.78 is 26.7. The van der Waals surface area contributed by atoms with Crippen LogP contribution in [0.4, 0.5) is 4.39 Å². The lowest BCUT2D eigenvalue weighted by atomic mass is 9.95. The molecule has 4 aromatic rings. The highest BCUT2D eigenvalue weighted by atomic mass is 19.1. The number of rotatable bonds is 8. The SMILES string of the molecule is CCC(c1nnnn1C1CCCCC1)N(Cc1ccc(F)cc1)Cc1cc2cc3c(cc2[nH]c1=O)OCO3. The molecule has 1 saturated carbocycles. The third-order valence-corrected chi connectivity index (χ3v) is 7.65. The molecule has 1 aliphatic heterocycles. The molecule has 6 rings (SSSR count). The Bertz CT molecular complexity index is 1480. The number of aromatic amines is 1. The predicted octanol–water partition coefficient (Wildman–Crippen LogP) is 5.04. The lowest BCUT2D eigenvalue weighted by molar-refractivity contribution is 0.155. The molecule has 2 aromatic heterocycles. The van der Waals surface area contributed by atoms with Gasteiger partial charge < -0.3 is 14.5 Å². The first-order valence-electron chi connectivity index (χ1n) is 13.3. The van der Waals surface area contributed by atoms with E-state index in [1.54, 1.807) is 18.2 Å². The van der Waals surface area contributed by atoms with Gasteiger partial charge >= 0.3 is 0 Å². The van der Waals surface area contributed by atoms with Crippen LogP contribution in [0.3, 0.4) is 0 Å². The fourth-order valence-electron chi connectivity index (χ4n) is 5.69. The molecule has 2 aliphatic rings. The van der Waals surface area contributed by atoms with Crippen LogP contribution in [-0.2, 0) is 13.1 Å². The van der Waals surface area contributed by atoms with E-state index in [1.165, 1.54) is 31.4 Å². The van der Waals surface area contributed by atoms with E-state index in [9.17, 15) is 9.18 Å². The Kier molecular flexibility index (Phi) is 6.80. The van der Waals surface area contributed by atoms with Crippen LogP contribution in [-0.4, -0.2) is 36.9 Å². The van der Waals surface area contributed by atoms with Crippen LogP contribution in [0.5, 0.6) is 11.5 Å². The van der Waals surface area contributed by atoms with Crippen molar-refractivity contribution in [2.45, 2.75) is 70.6 Å². The average Bonchev–Trinajstić information content (AvgIpc) is 3.60. The molecule has 10 heteroatoms. The van der Waals surface area contributed by atoms with Crippen LogP contribution in [0.1, 0.15) is 74.5 Å². The maximum absolute atomic E-state index is 13.7. The van der Waals surface area contributed by atoms with Gasteiger partial charge in [-0.2, -0.15) is 0 Å². The molecule has 1 fully saturated rings. The number of ether oxygens (including phenoxy) is 2. The van der Waals surface area contributed by atoms with Gasteiger partial charge in [0, 0.05) is 30.1 Å². The zero-order valence-corrected chi connectivity index (χ0v) is 21.4. The van der Waals surface area contributed by atoms with Crippen LogP contribution in [0, 0.1) is 5.82 Å². The second-order valence-electron chi connectivity index (χ2n) is 10.1. The van der Waals surface area contributed by atoms with E-state index in [2.05, 4.69) is 32.3 Å². The quantitative estimate of drug-likeness (QED) is 0.349. The minimum absolute atomic E-state index is 0.135. The first-order chi connectivity index (χ1) is 18.6. The Labute approximate surface area is 219 Å². The number of tetrazole rings is 1. The van der Waals surface area contributed by atoms with Crippen molar-refractivity contribution >= 4 is 10.9 Å². The van der Waals surface area contributed by atoms with Crippen molar-refractivity contribution in [3.05, 3.63) is 75.6 Å². The number of hydrogen-bond donors (Lipinski definition) is 1. The lowest BCUT2D eigenvalue weighted by Crippen LogP contribution is -2.33. The number of pyridine rings is 1. The third kappa shape index (κ3) is 4.88. The minimum atomic E-state index is -0.279. The second-order valence-corrected chi connectivity index (χ2v) is 10.1. The molecule has 0 spiro atoms. The van der Waals surface area contributed by atoms with Crippen molar-refractivity contribution in [3.63, 3.8) is 0 Å². The van der Waals surface area contributed by atoms with Gasteiger partial charge in [-0.25, -0.2) is 9.07 Å². The zero-order chi connectivity index (χ0) is 26.1. The van der Waals surface area contributed by atoms with Gasteiger partial charge in [-0.3, -0.25) is 9.69 Å². The van der Waals surface area contributed by atoms with Gasteiger partial charge in [0.1, 0.15) is 5.82 Å². The Morgan fingerprint density at radius 1 is 1.08 bits per heavy atom. The summed E-state index contributed by atoms with van der Waals surface area (Å²) in [7, 11) is 0. The van der Waals surface area contributed by atoms with Crippen molar-refractivity contribution in [2.75, 3.05) is 6.79 Å². The van der Waals surface area contributed by atoms with Crippen LogP contribution >= 0.6 is 0 Å². The largest absolute Gasteiger partial charge is 0.454 e.